The molecule has 88 valence electrons. The summed E-state index contributed by atoms with van der Waals surface area (Å²) in [6, 6.07) is 6.96. The van der Waals surface area contributed by atoms with Gasteiger partial charge in [0, 0.05) is 11.6 Å². The molecular weight excluding hydrogens is 226 g/mol. The lowest BCUT2D eigenvalue weighted by atomic mass is 9.95. The molecule has 1 saturated heterocycles. The molecule has 16 heavy (non-hydrogen) atoms. The molecule has 0 aliphatic carbocycles. The van der Waals surface area contributed by atoms with Crippen molar-refractivity contribution in [3.63, 3.8) is 0 Å². The molecule has 2 unspecified atom stereocenters. The van der Waals surface area contributed by atoms with Gasteiger partial charge in [-0.15, -0.1) is 0 Å². The minimum Gasteiger partial charge on any atom is -0.399 e. The number of nitrogens with two attached hydrogens (primary N) is 1. The maximum absolute atomic E-state index is 11.3. The van der Waals surface area contributed by atoms with Crippen molar-refractivity contribution in [2.75, 3.05) is 17.2 Å². The molecule has 0 amide bonds. The number of sulfone groups is 1. The summed E-state index contributed by atoms with van der Waals surface area (Å²) in [5.74, 6) is 0.0480. The van der Waals surface area contributed by atoms with E-state index in [4.69, 9.17) is 5.73 Å². The molecule has 1 heterocycles. The molecule has 1 fully saturated rings. The Balaban J connectivity index is 2.17. The summed E-state index contributed by atoms with van der Waals surface area (Å²) < 4.78 is 22.6. The molecule has 4 nitrogen and oxygen atoms in total. The van der Waals surface area contributed by atoms with E-state index < -0.39 is 15.9 Å². The highest BCUT2D eigenvalue weighted by Crippen LogP contribution is 2.31. The quantitative estimate of drug-likeness (QED) is 0.748. The number of anilines is 1. The van der Waals surface area contributed by atoms with Gasteiger partial charge in [-0.2, -0.15) is 0 Å². The SMILES string of the molecule is Nc1cccc(C(O)C2CCS(=O)(=O)C2)c1. The number of hydrogen-bond donors (Lipinski definition) is 2. The van der Waals surface area contributed by atoms with E-state index in [1.807, 2.05) is 0 Å². The van der Waals surface area contributed by atoms with E-state index in [-0.39, 0.29) is 17.4 Å². The van der Waals surface area contributed by atoms with Gasteiger partial charge in [-0.3, -0.25) is 0 Å². The average molecular weight is 241 g/mol. The van der Waals surface area contributed by atoms with Crippen LogP contribution in [0.3, 0.4) is 0 Å². The minimum absolute atomic E-state index is 0.0724. The summed E-state index contributed by atoms with van der Waals surface area (Å²) in [7, 11) is -2.95. The lowest BCUT2D eigenvalue weighted by Crippen LogP contribution is -2.14. The normalized spacial score (nSPS) is 25.4. The zero-order valence-corrected chi connectivity index (χ0v) is 9.65. The Morgan fingerprint density at radius 3 is 2.75 bits per heavy atom. The number of aliphatic hydroxyl groups excluding tert-OH is 1. The number of hydrogen-bond acceptors (Lipinski definition) is 4. The molecule has 5 heteroatoms. The van der Waals surface area contributed by atoms with E-state index in [1.54, 1.807) is 24.3 Å². The number of rotatable bonds is 2. The lowest BCUT2D eigenvalue weighted by Gasteiger charge is -2.17. The molecule has 2 rings (SSSR count). The van der Waals surface area contributed by atoms with Gasteiger partial charge in [-0.1, -0.05) is 12.1 Å². The van der Waals surface area contributed by atoms with Crippen LogP contribution in [0.15, 0.2) is 24.3 Å². The molecule has 1 aromatic carbocycles. The van der Waals surface area contributed by atoms with Gasteiger partial charge < -0.3 is 10.8 Å². The number of aliphatic hydroxyl groups is 1. The second-order valence-corrected chi connectivity index (χ2v) is 6.51. The monoisotopic (exact) mass is 241 g/mol. The van der Waals surface area contributed by atoms with Gasteiger partial charge in [-0.05, 0) is 24.1 Å². The van der Waals surface area contributed by atoms with Gasteiger partial charge in [-0.25, -0.2) is 8.42 Å². The zero-order chi connectivity index (χ0) is 11.8. The van der Waals surface area contributed by atoms with Crippen LogP contribution in [-0.2, 0) is 9.84 Å². The van der Waals surface area contributed by atoms with Crippen LogP contribution in [0.5, 0.6) is 0 Å². The Morgan fingerprint density at radius 2 is 2.19 bits per heavy atom. The smallest absolute Gasteiger partial charge is 0.150 e. The molecule has 1 aliphatic heterocycles. The first-order valence-corrected chi connectivity index (χ1v) is 7.04. The van der Waals surface area contributed by atoms with Crippen LogP contribution in [0, 0.1) is 5.92 Å². The van der Waals surface area contributed by atoms with Gasteiger partial charge in [0.2, 0.25) is 0 Å². The molecule has 0 bridgehead atoms. The third-order valence-corrected chi connectivity index (χ3v) is 4.76. The van der Waals surface area contributed by atoms with Crippen molar-refractivity contribution < 1.29 is 13.5 Å². The highest BCUT2D eigenvalue weighted by molar-refractivity contribution is 7.91. The van der Waals surface area contributed by atoms with E-state index in [1.165, 1.54) is 0 Å². The van der Waals surface area contributed by atoms with Gasteiger partial charge in [0.25, 0.3) is 0 Å². The third kappa shape index (κ3) is 2.36. The fourth-order valence-corrected chi connectivity index (χ4v) is 3.92. The predicted molar refractivity (Wildman–Crippen MR) is 62.6 cm³/mol. The third-order valence-electron chi connectivity index (χ3n) is 2.97. The van der Waals surface area contributed by atoms with Gasteiger partial charge in [0.05, 0.1) is 17.6 Å². The van der Waals surface area contributed by atoms with Crippen molar-refractivity contribution in [2.24, 2.45) is 5.92 Å². The maximum Gasteiger partial charge on any atom is 0.150 e. The summed E-state index contributed by atoms with van der Waals surface area (Å²) >= 11 is 0. The molecule has 1 aliphatic rings. The van der Waals surface area contributed by atoms with E-state index >= 15 is 0 Å². The first-order valence-electron chi connectivity index (χ1n) is 5.22. The Hall–Kier alpha value is -1.07. The van der Waals surface area contributed by atoms with Crippen molar-refractivity contribution in [1.29, 1.82) is 0 Å². The second-order valence-electron chi connectivity index (χ2n) is 4.28. The molecule has 1 aromatic rings. The van der Waals surface area contributed by atoms with Crippen molar-refractivity contribution in [2.45, 2.75) is 12.5 Å². The largest absolute Gasteiger partial charge is 0.399 e. The van der Waals surface area contributed by atoms with Crippen molar-refractivity contribution in [3.8, 4) is 0 Å². The van der Waals surface area contributed by atoms with Crippen molar-refractivity contribution in [1.82, 2.24) is 0 Å². The van der Waals surface area contributed by atoms with E-state index in [9.17, 15) is 13.5 Å². The van der Waals surface area contributed by atoms with E-state index in [0.717, 1.165) is 0 Å². The summed E-state index contributed by atoms with van der Waals surface area (Å²) in [4.78, 5) is 0. The predicted octanol–water partition coefficient (Wildman–Crippen LogP) is 0.737. The van der Waals surface area contributed by atoms with Gasteiger partial charge >= 0.3 is 0 Å². The highest BCUT2D eigenvalue weighted by Gasteiger charge is 2.33. The van der Waals surface area contributed by atoms with Crippen molar-refractivity contribution in [3.05, 3.63) is 29.8 Å². The van der Waals surface area contributed by atoms with Crippen LogP contribution in [0.1, 0.15) is 18.1 Å². The molecule has 0 saturated carbocycles. The van der Waals surface area contributed by atoms with Crippen LogP contribution in [-0.4, -0.2) is 25.0 Å². The Kier molecular flexibility index (Phi) is 2.90. The molecule has 0 spiro atoms. The van der Waals surface area contributed by atoms with Crippen LogP contribution in [0.25, 0.3) is 0 Å². The van der Waals surface area contributed by atoms with Crippen LogP contribution >= 0.6 is 0 Å². The van der Waals surface area contributed by atoms with Crippen molar-refractivity contribution >= 4 is 15.5 Å². The number of benzene rings is 1. The summed E-state index contributed by atoms with van der Waals surface area (Å²) in [6.07, 6.45) is -0.209. The Morgan fingerprint density at radius 1 is 1.44 bits per heavy atom. The average Bonchev–Trinajstić information content (AvgIpc) is 2.58. The Labute approximate surface area is 95.0 Å². The molecule has 0 aromatic heterocycles. The molecular formula is C11H15NO3S. The topological polar surface area (TPSA) is 80.4 Å². The summed E-state index contributed by atoms with van der Waals surface area (Å²) in [5, 5.41) is 10.1. The number of nitrogen functional groups attached to an aromatic ring is 1. The fourth-order valence-electron chi connectivity index (χ4n) is 2.09. The molecule has 3 N–H and O–H groups in total. The van der Waals surface area contributed by atoms with E-state index in [2.05, 4.69) is 0 Å². The van der Waals surface area contributed by atoms with Crippen LogP contribution in [0.2, 0.25) is 0 Å². The van der Waals surface area contributed by atoms with E-state index in [0.29, 0.717) is 17.7 Å². The zero-order valence-electron chi connectivity index (χ0n) is 8.83. The van der Waals surface area contributed by atoms with Crippen LogP contribution in [0.4, 0.5) is 5.69 Å². The maximum atomic E-state index is 11.3. The van der Waals surface area contributed by atoms with Gasteiger partial charge in [0.1, 0.15) is 0 Å². The Bertz CT molecular complexity index is 484. The standard InChI is InChI=1S/C11H15NO3S/c12-10-3-1-2-8(6-10)11(13)9-4-5-16(14,15)7-9/h1-3,6,9,11,13H,4-5,7,12H2. The molecule has 2 atom stereocenters. The minimum atomic E-state index is -2.95. The van der Waals surface area contributed by atoms with Crippen LogP contribution < -0.4 is 5.73 Å². The summed E-state index contributed by atoms with van der Waals surface area (Å²) in [5.41, 5.74) is 6.90. The first kappa shape index (κ1) is 11.4. The van der Waals surface area contributed by atoms with Gasteiger partial charge in [0.15, 0.2) is 9.84 Å². The lowest BCUT2D eigenvalue weighted by molar-refractivity contribution is 0.121. The first-order chi connectivity index (χ1) is 7.48. The highest BCUT2D eigenvalue weighted by atomic mass is 32.2. The fraction of sp³-hybridized carbons (Fsp3) is 0.455. The second kappa shape index (κ2) is 4.07. The summed E-state index contributed by atoms with van der Waals surface area (Å²) in [6.45, 7) is 0. The molecule has 0 radical (unpaired) electrons.